The fourth-order valence-electron chi connectivity index (χ4n) is 1.86. The molecule has 0 saturated heterocycles. The minimum absolute atomic E-state index is 0. The molecule has 2 rings (SSSR count). The number of benzene rings is 2. The summed E-state index contributed by atoms with van der Waals surface area (Å²) in [5.74, 6) is -0.220. The Kier molecular flexibility index (Phi) is 5.77. The third-order valence-electron chi connectivity index (χ3n) is 2.93. The molecular weight excluding hydrogens is 257 g/mol. The van der Waals surface area contributed by atoms with Crippen molar-refractivity contribution in [2.24, 2.45) is 4.99 Å². The Labute approximate surface area is 120 Å². The van der Waals surface area contributed by atoms with E-state index in [2.05, 4.69) is 24.0 Å². The quantitative estimate of drug-likeness (QED) is 0.731. The lowest BCUT2D eigenvalue weighted by Crippen LogP contribution is -1.99. The number of rotatable bonds is 3. The summed E-state index contributed by atoms with van der Waals surface area (Å²) in [7, 11) is 0. The van der Waals surface area contributed by atoms with Gasteiger partial charge in [0.05, 0.1) is 6.04 Å². The van der Waals surface area contributed by atoms with Gasteiger partial charge in [0.25, 0.3) is 0 Å². The van der Waals surface area contributed by atoms with Gasteiger partial charge in [-0.15, -0.1) is 0 Å². The van der Waals surface area contributed by atoms with E-state index in [1.807, 2.05) is 25.1 Å². The minimum Gasteiger partial charge on any atom is -0.282 e. The molecular formula is C16H18FNS. The first-order valence-electron chi connectivity index (χ1n) is 6.02. The van der Waals surface area contributed by atoms with Crippen molar-refractivity contribution in [2.75, 3.05) is 0 Å². The number of nitrogens with zero attached hydrogens (tertiary/aromatic N) is 1. The first-order chi connectivity index (χ1) is 8.66. The summed E-state index contributed by atoms with van der Waals surface area (Å²) in [5.41, 5.74) is 3.06. The van der Waals surface area contributed by atoms with Gasteiger partial charge in [0.1, 0.15) is 5.82 Å². The van der Waals surface area contributed by atoms with Crippen molar-refractivity contribution in [1.82, 2.24) is 0 Å². The van der Waals surface area contributed by atoms with Crippen LogP contribution in [0.25, 0.3) is 0 Å². The molecule has 1 atom stereocenters. The second-order valence-corrected chi connectivity index (χ2v) is 4.31. The van der Waals surface area contributed by atoms with E-state index in [0.29, 0.717) is 0 Å². The SMILES string of the molecule is CC(=N[C@@H](C)c1ccccc1)c1ccc(F)cc1.S. The summed E-state index contributed by atoms with van der Waals surface area (Å²) in [6.07, 6.45) is 0. The van der Waals surface area contributed by atoms with Gasteiger partial charge in [0.2, 0.25) is 0 Å². The number of halogens is 1. The van der Waals surface area contributed by atoms with Crippen LogP contribution in [0.5, 0.6) is 0 Å². The summed E-state index contributed by atoms with van der Waals surface area (Å²) in [6, 6.07) is 16.7. The van der Waals surface area contributed by atoms with Crippen molar-refractivity contribution in [3.63, 3.8) is 0 Å². The van der Waals surface area contributed by atoms with E-state index in [1.54, 1.807) is 12.1 Å². The molecule has 0 aliphatic heterocycles. The largest absolute Gasteiger partial charge is 0.282 e. The Bertz CT molecular complexity index is 534. The highest BCUT2D eigenvalue weighted by Crippen LogP contribution is 2.17. The highest BCUT2D eigenvalue weighted by atomic mass is 32.1. The molecule has 2 aromatic rings. The molecule has 0 radical (unpaired) electrons. The second-order valence-electron chi connectivity index (χ2n) is 4.31. The maximum absolute atomic E-state index is 12.8. The van der Waals surface area contributed by atoms with Crippen molar-refractivity contribution in [3.05, 3.63) is 71.5 Å². The van der Waals surface area contributed by atoms with E-state index >= 15 is 0 Å². The second kappa shape index (κ2) is 7.10. The van der Waals surface area contributed by atoms with Crippen LogP contribution in [0.1, 0.15) is 31.0 Å². The van der Waals surface area contributed by atoms with Gasteiger partial charge < -0.3 is 0 Å². The molecule has 0 unspecified atom stereocenters. The van der Waals surface area contributed by atoms with Gasteiger partial charge in [0.15, 0.2) is 0 Å². The number of aliphatic imine (C=N–C) groups is 1. The predicted molar refractivity (Wildman–Crippen MR) is 83.8 cm³/mol. The Hall–Kier alpha value is -1.61. The van der Waals surface area contributed by atoms with Crippen LogP contribution < -0.4 is 0 Å². The lowest BCUT2D eigenvalue weighted by molar-refractivity contribution is 0.628. The maximum atomic E-state index is 12.8. The molecule has 3 heteroatoms. The predicted octanol–water partition coefficient (Wildman–Crippen LogP) is 4.51. The van der Waals surface area contributed by atoms with Crippen LogP contribution in [0.15, 0.2) is 59.6 Å². The molecule has 0 amide bonds. The van der Waals surface area contributed by atoms with Crippen LogP contribution in [0, 0.1) is 5.82 Å². The van der Waals surface area contributed by atoms with E-state index in [-0.39, 0.29) is 25.4 Å². The van der Waals surface area contributed by atoms with Crippen molar-refractivity contribution in [3.8, 4) is 0 Å². The van der Waals surface area contributed by atoms with E-state index in [0.717, 1.165) is 11.3 Å². The molecule has 0 spiro atoms. The van der Waals surface area contributed by atoms with Crippen LogP contribution in [-0.4, -0.2) is 5.71 Å². The van der Waals surface area contributed by atoms with Gasteiger partial charge >= 0.3 is 0 Å². The summed E-state index contributed by atoms with van der Waals surface area (Å²) in [5, 5.41) is 0. The van der Waals surface area contributed by atoms with E-state index in [1.165, 1.54) is 17.7 Å². The summed E-state index contributed by atoms with van der Waals surface area (Å²) >= 11 is 0. The number of hydrogen-bond donors (Lipinski definition) is 0. The Morgan fingerprint density at radius 2 is 1.58 bits per heavy atom. The Morgan fingerprint density at radius 3 is 2.16 bits per heavy atom. The maximum Gasteiger partial charge on any atom is 0.123 e. The summed E-state index contributed by atoms with van der Waals surface area (Å²) in [4.78, 5) is 4.64. The fraction of sp³-hybridized carbons (Fsp3) is 0.188. The monoisotopic (exact) mass is 275 g/mol. The molecule has 19 heavy (non-hydrogen) atoms. The van der Waals surface area contributed by atoms with E-state index in [9.17, 15) is 4.39 Å². The Balaban J connectivity index is 0.00000180. The standard InChI is InChI=1S/C16H16FN.H2S/c1-12(14-6-4-3-5-7-14)18-13(2)15-8-10-16(17)11-9-15;/h3-12H,1-2H3;1H2/t12-;/m0./s1. The topological polar surface area (TPSA) is 12.4 Å². The van der Waals surface area contributed by atoms with Gasteiger partial charge in [-0.2, -0.15) is 13.5 Å². The van der Waals surface area contributed by atoms with Crippen molar-refractivity contribution in [1.29, 1.82) is 0 Å². The molecule has 0 fully saturated rings. The first-order valence-corrected chi connectivity index (χ1v) is 6.02. The van der Waals surface area contributed by atoms with Crippen molar-refractivity contribution >= 4 is 19.2 Å². The van der Waals surface area contributed by atoms with Gasteiger partial charge in [0, 0.05) is 5.71 Å². The number of hydrogen-bond acceptors (Lipinski definition) is 1. The zero-order chi connectivity index (χ0) is 13.0. The third-order valence-corrected chi connectivity index (χ3v) is 2.93. The highest BCUT2D eigenvalue weighted by Gasteiger charge is 2.04. The average molecular weight is 275 g/mol. The molecule has 100 valence electrons. The molecule has 1 nitrogen and oxygen atoms in total. The Morgan fingerprint density at radius 1 is 1.00 bits per heavy atom. The minimum atomic E-state index is -0.220. The lowest BCUT2D eigenvalue weighted by Gasteiger charge is -2.09. The zero-order valence-corrected chi connectivity index (χ0v) is 12.1. The lowest BCUT2D eigenvalue weighted by atomic mass is 10.1. The van der Waals surface area contributed by atoms with Gasteiger partial charge in [-0.1, -0.05) is 42.5 Å². The highest BCUT2D eigenvalue weighted by molar-refractivity contribution is 7.59. The van der Waals surface area contributed by atoms with Crippen LogP contribution in [0.2, 0.25) is 0 Å². The zero-order valence-electron chi connectivity index (χ0n) is 11.1. The molecule has 0 aliphatic carbocycles. The molecule has 0 aliphatic rings. The van der Waals surface area contributed by atoms with E-state index in [4.69, 9.17) is 0 Å². The van der Waals surface area contributed by atoms with Gasteiger partial charge in [-0.25, -0.2) is 4.39 Å². The average Bonchev–Trinajstić information content (AvgIpc) is 2.40. The molecule has 0 heterocycles. The van der Waals surface area contributed by atoms with Crippen LogP contribution in [0.4, 0.5) is 4.39 Å². The molecule has 0 saturated carbocycles. The summed E-state index contributed by atoms with van der Waals surface area (Å²) in [6.45, 7) is 4.01. The fourth-order valence-corrected chi connectivity index (χ4v) is 1.86. The van der Waals surface area contributed by atoms with Crippen molar-refractivity contribution in [2.45, 2.75) is 19.9 Å². The molecule has 2 aromatic carbocycles. The van der Waals surface area contributed by atoms with Crippen molar-refractivity contribution < 1.29 is 4.39 Å². The van der Waals surface area contributed by atoms with Gasteiger partial charge in [-0.05, 0) is 37.1 Å². The van der Waals surface area contributed by atoms with Crippen LogP contribution in [-0.2, 0) is 0 Å². The normalized spacial score (nSPS) is 12.7. The molecule has 0 N–H and O–H groups in total. The smallest absolute Gasteiger partial charge is 0.123 e. The van der Waals surface area contributed by atoms with Crippen LogP contribution >= 0.6 is 13.5 Å². The molecule has 0 aromatic heterocycles. The first kappa shape index (κ1) is 15.4. The van der Waals surface area contributed by atoms with Crippen LogP contribution in [0.3, 0.4) is 0 Å². The summed E-state index contributed by atoms with van der Waals surface area (Å²) < 4.78 is 12.8. The molecule has 0 bridgehead atoms. The third kappa shape index (κ3) is 4.21. The van der Waals surface area contributed by atoms with Gasteiger partial charge in [-0.3, -0.25) is 4.99 Å². The van der Waals surface area contributed by atoms with E-state index < -0.39 is 0 Å².